The Kier molecular flexibility index (Phi) is 6.20. The number of hydrogen-bond acceptors (Lipinski definition) is 2. The Morgan fingerprint density at radius 3 is 2.37 bits per heavy atom. The third kappa shape index (κ3) is 4.52. The Morgan fingerprint density at radius 1 is 1.04 bits per heavy atom. The molecule has 0 spiro atoms. The Labute approximate surface area is 163 Å². The lowest BCUT2D eigenvalue weighted by Gasteiger charge is -2.41. The minimum atomic E-state index is -0.192. The summed E-state index contributed by atoms with van der Waals surface area (Å²) >= 11 is 0. The highest BCUT2D eigenvalue weighted by molar-refractivity contribution is 5.77. The lowest BCUT2D eigenvalue weighted by Crippen LogP contribution is -2.44. The third-order valence-electron chi connectivity index (χ3n) is 5.89. The Balaban J connectivity index is 1.66. The summed E-state index contributed by atoms with van der Waals surface area (Å²) < 4.78 is 6.33. The van der Waals surface area contributed by atoms with Gasteiger partial charge in [0.2, 0.25) is 5.91 Å². The van der Waals surface area contributed by atoms with E-state index in [1.165, 1.54) is 11.1 Å². The molecule has 1 amide bonds. The molecule has 0 fully saturated rings. The van der Waals surface area contributed by atoms with Crippen LogP contribution in [0.15, 0.2) is 48.5 Å². The van der Waals surface area contributed by atoms with Gasteiger partial charge < -0.3 is 10.1 Å². The van der Waals surface area contributed by atoms with Gasteiger partial charge >= 0.3 is 0 Å². The van der Waals surface area contributed by atoms with E-state index >= 15 is 0 Å². The quantitative estimate of drug-likeness (QED) is 0.715. The van der Waals surface area contributed by atoms with Crippen molar-refractivity contribution in [3.8, 4) is 5.75 Å². The number of ether oxygens (including phenoxy) is 1. The second-order valence-electron chi connectivity index (χ2n) is 7.52. The number of para-hydroxylation sites is 1. The van der Waals surface area contributed by atoms with Gasteiger partial charge in [0, 0.05) is 18.4 Å². The number of fused-ring (bicyclic) bond motifs is 1. The van der Waals surface area contributed by atoms with Crippen molar-refractivity contribution in [1.82, 2.24) is 5.32 Å². The van der Waals surface area contributed by atoms with Gasteiger partial charge in [-0.1, -0.05) is 63.2 Å². The van der Waals surface area contributed by atoms with Gasteiger partial charge in [0.15, 0.2) is 0 Å². The predicted octanol–water partition coefficient (Wildman–Crippen LogP) is 5.38. The van der Waals surface area contributed by atoms with Crippen molar-refractivity contribution in [2.45, 2.75) is 70.9 Å². The summed E-state index contributed by atoms with van der Waals surface area (Å²) in [7, 11) is 0. The molecule has 1 heterocycles. The van der Waals surface area contributed by atoms with Crippen LogP contribution in [0, 0.1) is 0 Å². The maximum Gasteiger partial charge on any atom is 0.220 e. The van der Waals surface area contributed by atoms with E-state index in [0.29, 0.717) is 6.42 Å². The number of aryl methyl sites for hydroxylation is 2. The summed E-state index contributed by atoms with van der Waals surface area (Å²) in [5.41, 5.74) is 3.45. The summed E-state index contributed by atoms with van der Waals surface area (Å²) in [4.78, 5) is 12.7. The van der Waals surface area contributed by atoms with Gasteiger partial charge in [-0.3, -0.25) is 4.79 Å². The third-order valence-corrected chi connectivity index (χ3v) is 5.89. The fourth-order valence-electron chi connectivity index (χ4n) is 3.90. The zero-order valence-electron chi connectivity index (χ0n) is 16.8. The Hall–Kier alpha value is -2.29. The van der Waals surface area contributed by atoms with Crippen molar-refractivity contribution in [3.63, 3.8) is 0 Å². The number of carbonyl (C=O) groups excluding carboxylic acids is 1. The van der Waals surface area contributed by atoms with E-state index in [9.17, 15) is 4.79 Å². The first-order chi connectivity index (χ1) is 13.1. The van der Waals surface area contributed by atoms with E-state index in [2.05, 4.69) is 56.4 Å². The summed E-state index contributed by atoms with van der Waals surface area (Å²) in [5.74, 6) is 1.02. The minimum absolute atomic E-state index is 0.0183. The normalized spacial score (nSPS) is 17.7. The van der Waals surface area contributed by atoms with Crippen molar-refractivity contribution in [1.29, 1.82) is 0 Å². The first-order valence-electron chi connectivity index (χ1n) is 10.2. The maximum absolute atomic E-state index is 12.7. The first kappa shape index (κ1) is 19.5. The van der Waals surface area contributed by atoms with Crippen molar-refractivity contribution in [2.24, 2.45) is 0 Å². The van der Waals surface area contributed by atoms with Gasteiger partial charge in [-0.05, 0) is 42.9 Å². The van der Waals surface area contributed by atoms with E-state index in [1.807, 2.05) is 18.2 Å². The number of benzene rings is 2. The van der Waals surface area contributed by atoms with Crippen LogP contribution in [0.3, 0.4) is 0 Å². The zero-order chi connectivity index (χ0) is 19.3. The van der Waals surface area contributed by atoms with Crippen LogP contribution in [0.1, 0.15) is 69.2 Å². The maximum atomic E-state index is 12.7. The molecule has 3 heteroatoms. The van der Waals surface area contributed by atoms with Crippen LogP contribution < -0.4 is 10.1 Å². The molecular formula is C24H31NO2. The molecule has 1 N–H and O–H groups in total. The predicted molar refractivity (Wildman–Crippen MR) is 110 cm³/mol. The molecule has 3 rings (SSSR count). The Morgan fingerprint density at radius 2 is 1.70 bits per heavy atom. The number of amides is 1. The van der Waals surface area contributed by atoms with Crippen molar-refractivity contribution >= 4 is 5.91 Å². The number of hydrogen-bond donors (Lipinski definition) is 1. The monoisotopic (exact) mass is 365 g/mol. The van der Waals surface area contributed by atoms with E-state index in [1.54, 1.807) is 0 Å². The Bertz CT molecular complexity index is 762. The van der Waals surface area contributed by atoms with Crippen LogP contribution in [0.25, 0.3) is 0 Å². The van der Waals surface area contributed by atoms with Gasteiger partial charge in [0.05, 0.1) is 6.04 Å². The molecule has 0 aromatic heterocycles. The highest BCUT2D eigenvalue weighted by atomic mass is 16.5. The molecule has 0 bridgehead atoms. The molecule has 1 aliphatic heterocycles. The molecule has 2 aromatic rings. The molecule has 27 heavy (non-hydrogen) atoms. The molecule has 1 atom stereocenters. The zero-order valence-corrected chi connectivity index (χ0v) is 16.8. The molecular weight excluding hydrogens is 334 g/mol. The fourth-order valence-corrected chi connectivity index (χ4v) is 3.90. The van der Waals surface area contributed by atoms with E-state index in [0.717, 1.165) is 43.4 Å². The highest BCUT2D eigenvalue weighted by Crippen LogP contribution is 2.42. The van der Waals surface area contributed by atoms with Crippen LogP contribution in [0.5, 0.6) is 5.75 Å². The van der Waals surface area contributed by atoms with Gasteiger partial charge in [-0.2, -0.15) is 0 Å². The number of carbonyl (C=O) groups is 1. The molecule has 0 radical (unpaired) electrons. The van der Waals surface area contributed by atoms with E-state index in [-0.39, 0.29) is 17.6 Å². The molecule has 0 unspecified atom stereocenters. The molecule has 3 nitrogen and oxygen atoms in total. The first-order valence-corrected chi connectivity index (χ1v) is 10.2. The molecule has 1 aliphatic rings. The smallest absolute Gasteiger partial charge is 0.220 e. The van der Waals surface area contributed by atoms with Crippen LogP contribution in [0.2, 0.25) is 0 Å². The topological polar surface area (TPSA) is 38.3 Å². The number of rotatable bonds is 7. The van der Waals surface area contributed by atoms with Crippen molar-refractivity contribution in [3.05, 3.63) is 65.2 Å². The summed E-state index contributed by atoms with van der Waals surface area (Å²) in [6.07, 6.45) is 5.03. The summed E-state index contributed by atoms with van der Waals surface area (Å²) in [6, 6.07) is 16.7. The van der Waals surface area contributed by atoms with Gasteiger partial charge in [0.1, 0.15) is 11.4 Å². The fraction of sp³-hybridized carbons (Fsp3) is 0.458. The summed E-state index contributed by atoms with van der Waals surface area (Å²) in [5, 5.41) is 3.27. The standard InChI is InChI=1S/C24H31NO2/c1-4-18-11-13-19(14-12-18)15-16-23(26)25-21-17-24(5-2,6-3)27-22-10-8-7-9-20(21)22/h7-14,21H,4-6,15-17H2,1-3H3,(H,25,26)/t21-/m1/s1. The average Bonchev–Trinajstić information content (AvgIpc) is 2.72. The van der Waals surface area contributed by atoms with Crippen LogP contribution in [0.4, 0.5) is 0 Å². The molecule has 0 aliphatic carbocycles. The largest absolute Gasteiger partial charge is 0.487 e. The minimum Gasteiger partial charge on any atom is -0.487 e. The van der Waals surface area contributed by atoms with E-state index in [4.69, 9.17) is 4.74 Å². The van der Waals surface area contributed by atoms with Crippen molar-refractivity contribution in [2.75, 3.05) is 0 Å². The molecule has 0 saturated heterocycles. The average molecular weight is 366 g/mol. The van der Waals surface area contributed by atoms with Crippen LogP contribution >= 0.6 is 0 Å². The lowest BCUT2D eigenvalue weighted by atomic mass is 9.83. The molecule has 0 saturated carbocycles. The van der Waals surface area contributed by atoms with Gasteiger partial charge in [0.25, 0.3) is 0 Å². The molecule has 2 aromatic carbocycles. The van der Waals surface area contributed by atoms with E-state index < -0.39 is 0 Å². The summed E-state index contributed by atoms with van der Waals surface area (Å²) in [6.45, 7) is 6.48. The van der Waals surface area contributed by atoms with Crippen LogP contribution in [-0.2, 0) is 17.6 Å². The van der Waals surface area contributed by atoms with Gasteiger partial charge in [-0.25, -0.2) is 0 Å². The van der Waals surface area contributed by atoms with Crippen LogP contribution in [-0.4, -0.2) is 11.5 Å². The lowest BCUT2D eigenvalue weighted by molar-refractivity contribution is -0.122. The van der Waals surface area contributed by atoms with Gasteiger partial charge in [-0.15, -0.1) is 0 Å². The second-order valence-corrected chi connectivity index (χ2v) is 7.52. The number of nitrogens with one attached hydrogen (secondary N) is 1. The highest BCUT2D eigenvalue weighted by Gasteiger charge is 2.38. The second kappa shape index (κ2) is 8.60. The van der Waals surface area contributed by atoms with Crippen molar-refractivity contribution < 1.29 is 9.53 Å². The molecule has 144 valence electrons. The SMILES string of the molecule is CCc1ccc(CCC(=O)N[C@@H]2CC(CC)(CC)Oc3ccccc32)cc1.